The minimum atomic E-state index is -0.289. The molecule has 2 aromatic carbocycles. The van der Waals surface area contributed by atoms with Crippen molar-refractivity contribution in [2.24, 2.45) is 0 Å². The maximum absolute atomic E-state index is 13.2. The van der Waals surface area contributed by atoms with Gasteiger partial charge in [-0.2, -0.15) is 14.9 Å². The highest BCUT2D eigenvalue weighted by Crippen LogP contribution is 2.37. The fraction of sp³-hybridized carbons (Fsp3) is 0.136. The zero-order valence-electron chi connectivity index (χ0n) is 15.6. The monoisotopic (exact) mass is 388 g/mol. The van der Waals surface area contributed by atoms with Crippen LogP contribution in [-0.2, 0) is 0 Å². The Morgan fingerprint density at radius 2 is 1.83 bits per heavy atom. The molecule has 1 aliphatic heterocycles. The predicted molar refractivity (Wildman–Crippen MR) is 106 cm³/mol. The minimum absolute atomic E-state index is 0.167. The summed E-state index contributed by atoms with van der Waals surface area (Å²) in [6.45, 7) is 2.31. The highest BCUT2D eigenvalue weighted by atomic mass is 19.1. The largest absolute Gasteiger partial charge is 0.475 e. The van der Waals surface area contributed by atoms with Crippen molar-refractivity contribution in [3.63, 3.8) is 0 Å². The van der Waals surface area contributed by atoms with Gasteiger partial charge in [0.25, 0.3) is 5.56 Å². The summed E-state index contributed by atoms with van der Waals surface area (Å²) >= 11 is 0. The lowest BCUT2D eigenvalue weighted by molar-refractivity contribution is 0.342. The molecule has 144 valence electrons. The molecule has 4 aromatic rings. The van der Waals surface area contributed by atoms with Crippen LogP contribution in [0.4, 0.5) is 4.39 Å². The summed E-state index contributed by atoms with van der Waals surface area (Å²) in [6.07, 6.45) is 3.23. The van der Waals surface area contributed by atoms with Gasteiger partial charge in [0.15, 0.2) is 0 Å². The Kier molecular flexibility index (Phi) is 4.01. The molecule has 0 amide bonds. The van der Waals surface area contributed by atoms with Gasteiger partial charge in [-0.1, -0.05) is 30.3 Å². The Hall–Kier alpha value is -3.74. The van der Waals surface area contributed by atoms with E-state index in [1.54, 1.807) is 35.3 Å². The lowest BCUT2D eigenvalue weighted by atomic mass is 10.1. The zero-order valence-corrected chi connectivity index (χ0v) is 15.6. The van der Waals surface area contributed by atoms with E-state index in [2.05, 4.69) is 10.2 Å². The van der Waals surface area contributed by atoms with E-state index in [1.165, 1.54) is 16.8 Å². The Morgan fingerprint density at radius 1 is 1.03 bits per heavy atom. The number of ether oxygens (including phenoxy) is 1. The molecule has 0 saturated carbocycles. The molecule has 0 radical (unpaired) electrons. The van der Waals surface area contributed by atoms with Gasteiger partial charge in [0.2, 0.25) is 5.88 Å². The van der Waals surface area contributed by atoms with Gasteiger partial charge in [0, 0.05) is 6.20 Å². The van der Waals surface area contributed by atoms with Crippen molar-refractivity contribution in [1.29, 1.82) is 0 Å². The van der Waals surface area contributed by atoms with Gasteiger partial charge in [0.05, 0.1) is 23.0 Å². The first kappa shape index (κ1) is 17.4. The number of hydrogen-bond acceptors (Lipinski definition) is 4. The van der Waals surface area contributed by atoms with Gasteiger partial charge in [-0.3, -0.25) is 4.79 Å². The second kappa shape index (κ2) is 6.70. The second-order valence-electron chi connectivity index (χ2n) is 6.93. The van der Waals surface area contributed by atoms with Gasteiger partial charge < -0.3 is 4.74 Å². The fourth-order valence-electron chi connectivity index (χ4n) is 3.64. The number of fused-ring (bicyclic) bond motifs is 1. The molecule has 0 bridgehead atoms. The summed E-state index contributed by atoms with van der Waals surface area (Å²) in [5, 5.41) is 8.69. The maximum Gasteiger partial charge on any atom is 0.279 e. The van der Waals surface area contributed by atoms with Crippen LogP contribution in [0.2, 0.25) is 0 Å². The number of benzene rings is 2. The van der Waals surface area contributed by atoms with Gasteiger partial charge in [-0.05, 0) is 42.3 Å². The molecule has 5 rings (SSSR count). The molecule has 0 spiro atoms. The first-order valence-corrected chi connectivity index (χ1v) is 9.24. The van der Waals surface area contributed by atoms with Crippen LogP contribution in [-0.4, -0.2) is 26.2 Å². The number of nitrogens with zero attached hydrogens (tertiary/aromatic N) is 4. The van der Waals surface area contributed by atoms with Crippen molar-refractivity contribution in [3.05, 3.63) is 94.3 Å². The maximum atomic E-state index is 13.2. The van der Waals surface area contributed by atoms with Crippen LogP contribution in [0.15, 0.2) is 71.8 Å². The van der Waals surface area contributed by atoms with Gasteiger partial charge in [-0.25, -0.2) is 9.07 Å². The molecule has 7 heteroatoms. The number of halogens is 1. The van der Waals surface area contributed by atoms with Crippen LogP contribution < -0.4 is 10.3 Å². The van der Waals surface area contributed by atoms with Gasteiger partial charge in [-0.15, -0.1) is 0 Å². The van der Waals surface area contributed by atoms with E-state index in [-0.39, 0.29) is 17.4 Å². The van der Waals surface area contributed by atoms with E-state index < -0.39 is 0 Å². The standard InChI is InChI=1S/C22H17FN4O2/c1-14-4-2-3-5-19(14)26-21(28)17(10-11-24-26)18-12-25-27-20(13-29-22(18)27)15-6-8-16(23)9-7-15/h2-12,20H,13H2,1H3. The molecule has 0 N–H and O–H groups in total. The quantitative estimate of drug-likeness (QED) is 0.539. The van der Waals surface area contributed by atoms with E-state index >= 15 is 0 Å². The third-order valence-electron chi connectivity index (χ3n) is 5.16. The third-order valence-corrected chi connectivity index (χ3v) is 5.16. The van der Waals surface area contributed by atoms with E-state index in [4.69, 9.17) is 4.74 Å². The zero-order chi connectivity index (χ0) is 20.0. The molecule has 1 aliphatic rings. The first-order valence-electron chi connectivity index (χ1n) is 9.24. The van der Waals surface area contributed by atoms with Gasteiger partial charge >= 0.3 is 0 Å². The lowest BCUT2D eigenvalue weighted by Crippen LogP contribution is -2.22. The van der Waals surface area contributed by atoms with Crippen LogP contribution in [0.25, 0.3) is 16.8 Å². The van der Waals surface area contributed by atoms with E-state index in [1.807, 2.05) is 31.2 Å². The number of rotatable bonds is 3. The Bertz CT molecular complexity index is 1260. The van der Waals surface area contributed by atoms with E-state index in [9.17, 15) is 9.18 Å². The highest BCUT2D eigenvalue weighted by Gasteiger charge is 2.30. The summed E-state index contributed by atoms with van der Waals surface area (Å²) in [5.41, 5.74) is 3.41. The summed E-state index contributed by atoms with van der Waals surface area (Å²) in [6, 6.07) is 15.4. The van der Waals surface area contributed by atoms with E-state index in [0.29, 0.717) is 23.6 Å². The predicted octanol–water partition coefficient (Wildman–Crippen LogP) is 3.53. The van der Waals surface area contributed by atoms with Crippen molar-refractivity contribution < 1.29 is 9.13 Å². The highest BCUT2D eigenvalue weighted by molar-refractivity contribution is 5.68. The Morgan fingerprint density at radius 3 is 2.62 bits per heavy atom. The molecule has 3 heterocycles. The second-order valence-corrected chi connectivity index (χ2v) is 6.93. The van der Waals surface area contributed by atoms with Crippen LogP contribution in [0, 0.1) is 12.7 Å². The SMILES string of the molecule is Cc1ccccc1-n1nccc(-c2cnn3c2OCC3c2ccc(F)cc2)c1=O. The first-order chi connectivity index (χ1) is 14.1. The molecular weight excluding hydrogens is 371 g/mol. The molecule has 29 heavy (non-hydrogen) atoms. The van der Waals surface area contributed by atoms with Crippen LogP contribution >= 0.6 is 0 Å². The molecule has 0 aliphatic carbocycles. The summed E-state index contributed by atoms with van der Waals surface area (Å²) < 4.78 is 22.3. The average Bonchev–Trinajstić information content (AvgIpc) is 3.32. The van der Waals surface area contributed by atoms with E-state index in [0.717, 1.165) is 16.8 Å². The molecular formula is C22H17FN4O2. The van der Waals surface area contributed by atoms with Crippen molar-refractivity contribution in [2.75, 3.05) is 6.61 Å². The molecule has 0 fully saturated rings. The molecule has 1 atom stereocenters. The Balaban J connectivity index is 1.59. The number of aryl methyl sites for hydroxylation is 1. The summed E-state index contributed by atoms with van der Waals surface area (Å²) in [4.78, 5) is 13.2. The lowest BCUT2D eigenvalue weighted by Gasteiger charge is -2.09. The van der Waals surface area contributed by atoms with Crippen molar-refractivity contribution in [3.8, 4) is 22.7 Å². The Labute approximate surface area is 165 Å². The minimum Gasteiger partial charge on any atom is -0.475 e. The van der Waals surface area contributed by atoms with Crippen molar-refractivity contribution >= 4 is 0 Å². The van der Waals surface area contributed by atoms with Crippen molar-refractivity contribution in [1.82, 2.24) is 19.6 Å². The smallest absolute Gasteiger partial charge is 0.279 e. The van der Waals surface area contributed by atoms with Crippen LogP contribution in [0.5, 0.6) is 5.88 Å². The third kappa shape index (κ3) is 2.82. The number of para-hydroxylation sites is 1. The molecule has 0 saturated heterocycles. The molecule has 1 unspecified atom stereocenters. The number of aromatic nitrogens is 4. The molecule has 6 nitrogen and oxygen atoms in total. The van der Waals surface area contributed by atoms with Crippen molar-refractivity contribution in [2.45, 2.75) is 13.0 Å². The topological polar surface area (TPSA) is 61.9 Å². The molecule has 2 aromatic heterocycles. The summed E-state index contributed by atoms with van der Waals surface area (Å²) in [5.74, 6) is 0.238. The van der Waals surface area contributed by atoms with Gasteiger partial charge in [0.1, 0.15) is 18.5 Å². The normalized spacial score (nSPS) is 15.2. The fourth-order valence-corrected chi connectivity index (χ4v) is 3.64. The number of hydrogen-bond donors (Lipinski definition) is 0. The summed E-state index contributed by atoms with van der Waals surface area (Å²) in [7, 11) is 0. The van der Waals surface area contributed by atoms with Crippen LogP contribution in [0.3, 0.4) is 0 Å². The average molecular weight is 388 g/mol. The van der Waals surface area contributed by atoms with Crippen LogP contribution in [0.1, 0.15) is 17.2 Å².